The highest BCUT2D eigenvalue weighted by atomic mass is 19.4. The van der Waals surface area contributed by atoms with Crippen molar-refractivity contribution >= 4 is 11.9 Å². The van der Waals surface area contributed by atoms with Crippen molar-refractivity contribution in [2.75, 3.05) is 7.11 Å². The highest BCUT2D eigenvalue weighted by Crippen LogP contribution is 2.32. The molecule has 0 aliphatic heterocycles. The summed E-state index contributed by atoms with van der Waals surface area (Å²) in [5.74, 6) is -0.626. The Morgan fingerprint density at radius 3 is 2.52 bits per heavy atom. The minimum Gasteiger partial charge on any atom is -0.504 e. The maximum atomic E-state index is 12.9. The number of carbonyl (C=O) groups excluding carboxylic acids is 1. The molecule has 0 heterocycles. The topological polar surface area (TPSA) is 46.5 Å². The maximum absolute atomic E-state index is 12.9. The molecule has 0 aliphatic rings. The van der Waals surface area contributed by atoms with Gasteiger partial charge in [0.15, 0.2) is 17.3 Å². The van der Waals surface area contributed by atoms with Crippen LogP contribution in [0.3, 0.4) is 0 Å². The first kappa shape index (κ1) is 16.6. The van der Waals surface area contributed by atoms with Gasteiger partial charge in [-0.2, -0.15) is 13.2 Å². The van der Waals surface area contributed by atoms with Crippen LogP contribution in [-0.4, -0.2) is 18.0 Å². The van der Waals surface area contributed by atoms with E-state index in [9.17, 15) is 23.1 Å². The average molecular weight is 322 g/mol. The summed E-state index contributed by atoms with van der Waals surface area (Å²) in [4.78, 5) is 12.0. The van der Waals surface area contributed by atoms with E-state index in [1.54, 1.807) is 0 Å². The summed E-state index contributed by atoms with van der Waals surface area (Å²) < 4.78 is 43.6. The Morgan fingerprint density at radius 1 is 1.17 bits per heavy atom. The Bertz CT molecular complexity index is 749. The van der Waals surface area contributed by atoms with Crippen molar-refractivity contribution in [2.45, 2.75) is 6.18 Å². The third-order valence-corrected chi connectivity index (χ3v) is 3.13. The van der Waals surface area contributed by atoms with Crippen LogP contribution >= 0.6 is 0 Å². The third kappa shape index (κ3) is 3.91. The minimum absolute atomic E-state index is 0.0709. The van der Waals surface area contributed by atoms with Crippen molar-refractivity contribution in [2.24, 2.45) is 0 Å². The summed E-state index contributed by atoms with van der Waals surface area (Å²) in [6.07, 6.45) is -2.18. The monoisotopic (exact) mass is 322 g/mol. The minimum atomic E-state index is -4.60. The number of allylic oxidation sites excluding steroid dienone is 1. The lowest BCUT2D eigenvalue weighted by atomic mass is 10.0. The molecule has 0 unspecified atom stereocenters. The molecule has 2 rings (SSSR count). The first-order valence-corrected chi connectivity index (χ1v) is 6.58. The number of rotatable bonds is 4. The molecule has 0 atom stereocenters. The third-order valence-electron chi connectivity index (χ3n) is 3.13. The van der Waals surface area contributed by atoms with Crippen LogP contribution in [0.2, 0.25) is 0 Å². The largest absolute Gasteiger partial charge is 0.504 e. The molecule has 0 spiro atoms. The van der Waals surface area contributed by atoms with E-state index in [1.807, 2.05) is 0 Å². The zero-order chi connectivity index (χ0) is 17.0. The van der Waals surface area contributed by atoms with E-state index in [0.29, 0.717) is 5.56 Å². The number of hydrogen-bond acceptors (Lipinski definition) is 3. The fourth-order valence-corrected chi connectivity index (χ4v) is 2.00. The summed E-state index contributed by atoms with van der Waals surface area (Å²) in [5, 5.41) is 9.48. The quantitative estimate of drug-likeness (QED) is 0.674. The SMILES string of the molecule is COc1cc(/C=C/C(=O)c2ccccc2C(F)(F)F)ccc1O. The smallest absolute Gasteiger partial charge is 0.417 e. The zero-order valence-electron chi connectivity index (χ0n) is 12.1. The fraction of sp³-hybridized carbons (Fsp3) is 0.118. The summed E-state index contributed by atoms with van der Waals surface area (Å²) in [5.41, 5.74) is -0.877. The number of hydrogen-bond donors (Lipinski definition) is 1. The number of aromatic hydroxyl groups is 1. The van der Waals surface area contributed by atoms with Gasteiger partial charge in [-0.25, -0.2) is 0 Å². The predicted octanol–water partition coefficient (Wildman–Crippen LogP) is 4.32. The van der Waals surface area contributed by atoms with Crippen LogP contribution in [0.25, 0.3) is 6.08 Å². The van der Waals surface area contributed by atoms with Crippen molar-refractivity contribution in [3.63, 3.8) is 0 Å². The summed E-state index contributed by atoms with van der Waals surface area (Å²) >= 11 is 0. The van der Waals surface area contributed by atoms with Gasteiger partial charge in [0.2, 0.25) is 0 Å². The molecule has 0 aromatic heterocycles. The van der Waals surface area contributed by atoms with E-state index in [0.717, 1.165) is 18.2 Å². The molecule has 3 nitrogen and oxygen atoms in total. The van der Waals surface area contributed by atoms with Gasteiger partial charge in [-0.15, -0.1) is 0 Å². The molecule has 2 aromatic carbocycles. The van der Waals surface area contributed by atoms with Crippen LogP contribution in [0.5, 0.6) is 11.5 Å². The average Bonchev–Trinajstić information content (AvgIpc) is 2.53. The number of alkyl halides is 3. The molecule has 23 heavy (non-hydrogen) atoms. The molecule has 0 fully saturated rings. The number of halogens is 3. The molecule has 6 heteroatoms. The molecule has 0 saturated heterocycles. The van der Waals surface area contributed by atoms with E-state index < -0.39 is 23.1 Å². The maximum Gasteiger partial charge on any atom is 0.417 e. The highest BCUT2D eigenvalue weighted by Gasteiger charge is 2.34. The van der Waals surface area contributed by atoms with Gasteiger partial charge in [0, 0.05) is 5.56 Å². The molecule has 0 aliphatic carbocycles. The standard InChI is InChI=1S/C17H13F3O3/c1-23-16-10-11(7-9-15(16)22)6-8-14(21)12-4-2-3-5-13(12)17(18,19)20/h2-10,22H,1H3/b8-6+. The molecule has 1 N–H and O–H groups in total. The van der Waals surface area contributed by atoms with Gasteiger partial charge < -0.3 is 9.84 Å². The molecule has 0 radical (unpaired) electrons. The van der Waals surface area contributed by atoms with Crippen LogP contribution in [0.1, 0.15) is 21.5 Å². The van der Waals surface area contributed by atoms with Gasteiger partial charge in [0.05, 0.1) is 12.7 Å². The number of ether oxygens (including phenoxy) is 1. The van der Waals surface area contributed by atoms with Gasteiger partial charge in [-0.3, -0.25) is 4.79 Å². The Balaban J connectivity index is 2.30. The number of carbonyl (C=O) groups is 1. The molecule has 0 bridgehead atoms. The van der Waals surface area contributed by atoms with Crippen LogP contribution in [0.15, 0.2) is 48.5 Å². The number of methoxy groups -OCH3 is 1. The second-order valence-corrected chi connectivity index (χ2v) is 4.67. The normalized spacial score (nSPS) is 11.7. The Hall–Kier alpha value is -2.76. The van der Waals surface area contributed by atoms with Crippen LogP contribution in [0.4, 0.5) is 13.2 Å². The van der Waals surface area contributed by atoms with Crippen LogP contribution in [-0.2, 0) is 6.18 Å². The predicted molar refractivity (Wildman–Crippen MR) is 79.5 cm³/mol. The number of ketones is 1. The molecule has 0 saturated carbocycles. The summed E-state index contributed by atoms with van der Waals surface area (Å²) in [7, 11) is 1.37. The van der Waals surface area contributed by atoms with Gasteiger partial charge in [-0.05, 0) is 29.8 Å². The van der Waals surface area contributed by atoms with Crippen molar-refractivity contribution in [1.82, 2.24) is 0 Å². The first-order chi connectivity index (χ1) is 10.8. The van der Waals surface area contributed by atoms with Crippen LogP contribution < -0.4 is 4.74 Å². The van der Waals surface area contributed by atoms with E-state index in [1.165, 1.54) is 43.5 Å². The Kier molecular flexibility index (Phi) is 4.74. The molecular weight excluding hydrogens is 309 g/mol. The van der Waals surface area contributed by atoms with Gasteiger partial charge >= 0.3 is 6.18 Å². The van der Waals surface area contributed by atoms with Gasteiger partial charge in [0.25, 0.3) is 0 Å². The van der Waals surface area contributed by atoms with Crippen molar-refractivity contribution in [1.29, 1.82) is 0 Å². The zero-order valence-corrected chi connectivity index (χ0v) is 12.1. The molecule has 0 amide bonds. The van der Waals surface area contributed by atoms with Crippen molar-refractivity contribution in [3.05, 3.63) is 65.2 Å². The molecular formula is C17H13F3O3. The number of benzene rings is 2. The lowest BCUT2D eigenvalue weighted by Gasteiger charge is -2.10. The van der Waals surface area contributed by atoms with E-state index in [4.69, 9.17) is 4.74 Å². The van der Waals surface area contributed by atoms with Gasteiger partial charge in [-0.1, -0.05) is 30.3 Å². The fourth-order valence-electron chi connectivity index (χ4n) is 2.00. The lowest BCUT2D eigenvalue weighted by Crippen LogP contribution is -2.11. The van der Waals surface area contributed by atoms with E-state index in [-0.39, 0.29) is 11.5 Å². The summed E-state index contributed by atoms with van der Waals surface area (Å²) in [6.45, 7) is 0. The van der Waals surface area contributed by atoms with E-state index >= 15 is 0 Å². The number of phenolic OH excluding ortho intramolecular Hbond substituents is 1. The van der Waals surface area contributed by atoms with Crippen LogP contribution in [0, 0.1) is 0 Å². The first-order valence-electron chi connectivity index (χ1n) is 6.58. The summed E-state index contributed by atoms with van der Waals surface area (Å²) in [6, 6.07) is 8.95. The Morgan fingerprint density at radius 2 is 1.87 bits per heavy atom. The van der Waals surface area contributed by atoms with E-state index in [2.05, 4.69) is 0 Å². The van der Waals surface area contributed by atoms with Gasteiger partial charge in [0.1, 0.15) is 0 Å². The Labute approximate surface area is 130 Å². The lowest BCUT2D eigenvalue weighted by molar-refractivity contribution is -0.137. The number of phenols is 1. The molecule has 2 aromatic rings. The van der Waals surface area contributed by atoms with Crippen molar-refractivity contribution < 1.29 is 27.8 Å². The van der Waals surface area contributed by atoms with Crippen molar-refractivity contribution in [3.8, 4) is 11.5 Å². The second-order valence-electron chi connectivity index (χ2n) is 4.67. The highest BCUT2D eigenvalue weighted by molar-refractivity contribution is 6.07. The molecule has 120 valence electrons. The second kappa shape index (κ2) is 6.56.